The quantitative estimate of drug-likeness (QED) is 0.491. The minimum Gasteiger partial charge on any atom is -0.306 e. The van der Waals surface area contributed by atoms with E-state index in [1.54, 1.807) is 0 Å². The van der Waals surface area contributed by atoms with Gasteiger partial charge in [0, 0.05) is 12.5 Å². The Bertz CT molecular complexity index is 176. The van der Waals surface area contributed by atoms with E-state index in [-0.39, 0.29) is 0 Å². The number of nitrogens with zero attached hydrogens (tertiary/aromatic N) is 2. The molecule has 1 fully saturated rings. The summed E-state index contributed by atoms with van der Waals surface area (Å²) in [5.41, 5.74) is 0. The summed E-state index contributed by atoms with van der Waals surface area (Å²) >= 11 is 0. The van der Waals surface area contributed by atoms with Gasteiger partial charge >= 0.3 is 0 Å². The van der Waals surface area contributed by atoms with E-state index in [1.165, 1.54) is 25.9 Å². The maximum atomic E-state index is 10.2. The van der Waals surface area contributed by atoms with Crippen LogP contribution in [0, 0.1) is 0 Å². The molecule has 1 heterocycles. The monoisotopic (exact) mass is 212 g/mol. The van der Waals surface area contributed by atoms with Crippen molar-refractivity contribution in [3.05, 3.63) is 0 Å². The number of aldehydes is 1. The maximum Gasteiger partial charge on any atom is 0.119 e. The van der Waals surface area contributed by atoms with Crippen molar-refractivity contribution < 1.29 is 4.79 Å². The Morgan fingerprint density at radius 3 is 2.60 bits per heavy atom. The lowest BCUT2D eigenvalue weighted by Gasteiger charge is -2.35. The summed E-state index contributed by atoms with van der Waals surface area (Å²) in [4.78, 5) is 15.0. The first-order valence-corrected chi connectivity index (χ1v) is 6.06. The number of carbonyl (C=O) groups excluding carboxylic acids is 1. The highest BCUT2D eigenvalue weighted by atomic mass is 16.1. The van der Waals surface area contributed by atoms with Gasteiger partial charge in [0.2, 0.25) is 0 Å². The average Bonchev–Trinajstić information content (AvgIpc) is 2.25. The third-order valence-corrected chi connectivity index (χ3v) is 3.39. The summed E-state index contributed by atoms with van der Waals surface area (Å²) < 4.78 is 0. The molecule has 1 aliphatic heterocycles. The van der Waals surface area contributed by atoms with Gasteiger partial charge in [-0.25, -0.2) is 0 Å². The van der Waals surface area contributed by atoms with Crippen LogP contribution in [0.5, 0.6) is 0 Å². The van der Waals surface area contributed by atoms with Crippen LogP contribution in [0.1, 0.15) is 32.1 Å². The van der Waals surface area contributed by atoms with E-state index in [0.717, 1.165) is 38.1 Å². The summed E-state index contributed by atoms with van der Waals surface area (Å²) in [5, 5.41) is 0. The minimum atomic E-state index is 0.723. The van der Waals surface area contributed by atoms with Gasteiger partial charge in [0.25, 0.3) is 0 Å². The van der Waals surface area contributed by atoms with Crippen molar-refractivity contribution in [1.82, 2.24) is 9.80 Å². The van der Waals surface area contributed by atoms with Crippen LogP contribution in [0.3, 0.4) is 0 Å². The molecule has 3 heteroatoms. The van der Waals surface area contributed by atoms with Crippen molar-refractivity contribution in [2.24, 2.45) is 0 Å². The molecule has 1 aliphatic rings. The van der Waals surface area contributed by atoms with Crippen molar-refractivity contribution in [1.29, 1.82) is 0 Å². The number of hydrogen-bond donors (Lipinski definition) is 0. The van der Waals surface area contributed by atoms with Crippen LogP contribution >= 0.6 is 0 Å². The summed E-state index contributed by atoms with van der Waals surface area (Å²) in [5.74, 6) is 0. The third-order valence-electron chi connectivity index (χ3n) is 3.39. The predicted molar refractivity (Wildman–Crippen MR) is 63.1 cm³/mol. The van der Waals surface area contributed by atoms with Crippen molar-refractivity contribution in [3.63, 3.8) is 0 Å². The molecule has 88 valence electrons. The first kappa shape index (κ1) is 12.7. The Morgan fingerprint density at radius 1 is 1.33 bits per heavy atom. The highest BCUT2D eigenvalue weighted by molar-refractivity contribution is 5.48. The Kier molecular flexibility index (Phi) is 5.88. The highest BCUT2D eigenvalue weighted by Gasteiger charge is 2.19. The Labute approximate surface area is 93.4 Å². The maximum absolute atomic E-state index is 10.2. The van der Waals surface area contributed by atoms with E-state index in [2.05, 4.69) is 23.9 Å². The van der Waals surface area contributed by atoms with Crippen LogP contribution in [0.15, 0.2) is 0 Å². The van der Waals surface area contributed by atoms with E-state index in [0.29, 0.717) is 0 Å². The van der Waals surface area contributed by atoms with Gasteiger partial charge in [-0.05, 0) is 59.4 Å². The second kappa shape index (κ2) is 6.96. The van der Waals surface area contributed by atoms with Crippen LogP contribution < -0.4 is 0 Å². The molecule has 1 saturated heterocycles. The normalized spacial score (nSPS) is 19.7. The number of hydrogen-bond acceptors (Lipinski definition) is 3. The Hall–Kier alpha value is -0.410. The fourth-order valence-corrected chi connectivity index (χ4v) is 2.21. The summed E-state index contributed by atoms with van der Waals surface area (Å²) in [7, 11) is 4.41. The highest BCUT2D eigenvalue weighted by Crippen LogP contribution is 2.14. The molecular weight excluding hydrogens is 188 g/mol. The van der Waals surface area contributed by atoms with Crippen LogP contribution in [0.4, 0.5) is 0 Å². The molecule has 0 aromatic rings. The number of rotatable bonds is 6. The lowest BCUT2D eigenvalue weighted by molar-refractivity contribution is -0.107. The molecule has 0 radical (unpaired) electrons. The van der Waals surface area contributed by atoms with Crippen molar-refractivity contribution in [2.45, 2.75) is 38.1 Å². The lowest BCUT2D eigenvalue weighted by Crippen LogP contribution is -2.42. The molecule has 0 saturated carbocycles. The van der Waals surface area contributed by atoms with Gasteiger partial charge in [-0.1, -0.05) is 0 Å². The molecule has 0 amide bonds. The van der Waals surface area contributed by atoms with Gasteiger partial charge in [-0.3, -0.25) is 0 Å². The summed E-state index contributed by atoms with van der Waals surface area (Å²) in [6.45, 7) is 3.59. The summed E-state index contributed by atoms with van der Waals surface area (Å²) in [6, 6.07) is 0.762. The zero-order chi connectivity index (χ0) is 11.1. The molecule has 15 heavy (non-hydrogen) atoms. The van der Waals surface area contributed by atoms with Crippen LogP contribution in [-0.2, 0) is 4.79 Å². The van der Waals surface area contributed by atoms with Gasteiger partial charge in [0.1, 0.15) is 6.29 Å². The van der Waals surface area contributed by atoms with E-state index >= 15 is 0 Å². The van der Waals surface area contributed by atoms with Crippen LogP contribution in [0.25, 0.3) is 0 Å². The third kappa shape index (κ3) is 4.76. The fourth-order valence-electron chi connectivity index (χ4n) is 2.21. The second-order valence-electron chi connectivity index (χ2n) is 4.68. The minimum absolute atomic E-state index is 0.723. The van der Waals surface area contributed by atoms with Crippen LogP contribution in [-0.4, -0.2) is 55.9 Å². The zero-order valence-electron chi connectivity index (χ0n) is 10.1. The number of likely N-dealkylation sites (tertiary alicyclic amines) is 1. The lowest BCUT2D eigenvalue weighted by atomic mass is 10.0. The average molecular weight is 212 g/mol. The molecule has 1 rings (SSSR count). The van der Waals surface area contributed by atoms with Crippen molar-refractivity contribution in [3.8, 4) is 0 Å². The standard InChI is InChI=1S/C12H24N2O/c1-13-9-6-12(7-10-13)14(2)8-4-3-5-11-15/h11-12H,3-10H2,1-2H3. The first-order chi connectivity index (χ1) is 7.24. The SMILES string of the molecule is CN1CCC(N(C)CCCCC=O)CC1. The summed E-state index contributed by atoms with van der Waals surface area (Å²) in [6.07, 6.45) is 6.53. The molecule has 0 aromatic carbocycles. The number of unbranched alkanes of at least 4 members (excludes halogenated alkanes) is 2. The second-order valence-corrected chi connectivity index (χ2v) is 4.68. The molecule has 0 aromatic heterocycles. The molecule has 3 nitrogen and oxygen atoms in total. The number of piperidine rings is 1. The Morgan fingerprint density at radius 2 is 2.00 bits per heavy atom. The van der Waals surface area contributed by atoms with Gasteiger partial charge < -0.3 is 14.6 Å². The van der Waals surface area contributed by atoms with E-state index in [9.17, 15) is 4.79 Å². The molecule has 0 bridgehead atoms. The van der Waals surface area contributed by atoms with E-state index < -0.39 is 0 Å². The fraction of sp³-hybridized carbons (Fsp3) is 0.917. The topological polar surface area (TPSA) is 23.6 Å². The zero-order valence-corrected chi connectivity index (χ0v) is 10.1. The van der Waals surface area contributed by atoms with Crippen LogP contribution in [0.2, 0.25) is 0 Å². The van der Waals surface area contributed by atoms with Crippen molar-refractivity contribution >= 4 is 6.29 Å². The molecule has 0 aliphatic carbocycles. The largest absolute Gasteiger partial charge is 0.306 e. The van der Waals surface area contributed by atoms with Crippen molar-refractivity contribution in [2.75, 3.05) is 33.7 Å². The van der Waals surface area contributed by atoms with Gasteiger partial charge in [-0.15, -0.1) is 0 Å². The molecule has 0 N–H and O–H groups in total. The van der Waals surface area contributed by atoms with E-state index in [1.807, 2.05) is 0 Å². The molecule has 0 atom stereocenters. The first-order valence-electron chi connectivity index (χ1n) is 6.06. The smallest absolute Gasteiger partial charge is 0.119 e. The molecule has 0 unspecified atom stereocenters. The van der Waals surface area contributed by atoms with E-state index in [4.69, 9.17) is 0 Å². The van der Waals surface area contributed by atoms with Gasteiger partial charge in [0.05, 0.1) is 0 Å². The molecule has 0 spiro atoms. The number of carbonyl (C=O) groups is 1. The predicted octanol–water partition coefficient (Wildman–Crippen LogP) is 1.38. The Balaban J connectivity index is 2.10. The van der Waals surface area contributed by atoms with Gasteiger partial charge in [0.15, 0.2) is 0 Å². The van der Waals surface area contributed by atoms with Gasteiger partial charge in [-0.2, -0.15) is 0 Å². The molecular formula is C12H24N2O.